The third-order valence-electron chi connectivity index (χ3n) is 5.31. The smallest absolute Gasteiger partial charge is 0.251 e. The van der Waals surface area contributed by atoms with Gasteiger partial charge in [0.25, 0.3) is 5.91 Å². The Labute approximate surface area is 191 Å². The molecule has 0 aliphatic heterocycles. The van der Waals surface area contributed by atoms with Crippen molar-refractivity contribution < 1.29 is 9.53 Å². The molecule has 3 N–H and O–H groups in total. The lowest BCUT2D eigenvalue weighted by Crippen LogP contribution is -2.36. The number of carbonyl (C=O) groups is 1. The largest absolute Gasteiger partial charge is 0.493 e. The third kappa shape index (κ3) is 7.89. The first-order valence-electron chi connectivity index (χ1n) is 11.2. The zero-order valence-corrected chi connectivity index (χ0v) is 19.4. The van der Waals surface area contributed by atoms with Crippen molar-refractivity contribution in [2.45, 2.75) is 25.9 Å². The van der Waals surface area contributed by atoms with E-state index in [1.807, 2.05) is 61.5 Å². The van der Waals surface area contributed by atoms with Crippen LogP contribution in [0.1, 0.15) is 34.3 Å². The number of carbonyl (C=O) groups excluding carboxylic acids is 1. The molecule has 0 atom stereocenters. The first-order valence-corrected chi connectivity index (χ1v) is 11.2. The summed E-state index contributed by atoms with van der Waals surface area (Å²) in [6.07, 6.45) is 2.55. The highest BCUT2D eigenvalue weighted by molar-refractivity contribution is 5.94. The molecule has 7 heteroatoms. The highest BCUT2D eigenvalue weighted by Crippen LogP contribution is 2.30. The van der Waals surface area contributed by atoms with Crippen LogP contribution in [0.15, 0.2) is 53.5 Å². The Morgan fingerprint density at radius 2 is 1.84 bits per heavy atom. The quantitative estimate of drug-likeness (QED) is 0.372. The van der Waals surface area contributed by atoms with Gasteiger partial charge in [0.1, 0.15) is 5.75 Å². The Bertz CT molecular complexity index is 909. The number of hydrogen-bond acceptors (Lipinski definition) is 4. The zero-order valence-electron chi connectivity index (χ0n) is 19.4. The normalized spacial score (nSPS) is 13.7. The average molecular weight is 438 g/mol. The molecule has 1 amide bonds. The summed E-state index contributed by atoms with van der Waals surface area (Å²) in [4.78, 5) is 18.7. The molecule has 0 bridgehead atoms. The molecule has 0 radical (unpaired) electrons. The number of nitrogens with zero attached hydrogens (tertiary/aromatic N) is 2. The number of likely N-dealkylation sites (N-methyl/N-ethyl adjacent to an activating group) is 1. The molecule has 2 aromatic rings. The van der Waals surface area contributed by atoms with Gasteiger partial charge in [-0.05, 0) is 56.6 Å². The molecule has 1 aliphatic rings. The van der Waals surface area contributed by atoms with E-state index >= 15 is 0 Å². The van der Waals surface area contributed by atoms with Gasteiger partial charge in [0.2, 0.25) is 0 Å². The molecule has 0 heterocycles. The number of rotatable bonds is 11. The number of benzene rings is 2. The molecule has 7 nitrogen and oxygen atoms in total. The minimum atomic E-state index is -0.0565. The van der Waals surface area contributed by atoms with Crippen LogP contribution in [0.25, 0.3) is 0 Å². The van der Waals surface area contributed by atoms with Crippen molar-refractivity contribution in [3.63, 3.8) is 0 Å². The van der Waals surface area contributed by atoms with Gasteiger partial charge in [-0.25, -0.2) is 0 Å². The van der Waals surface area contributed by atoms with Crippen LogP contribution in [-0.2, 0) is 13.1 Å². The number of ether oxygens (including phenoxy) is 1. The maximum atomic E-state index is 12.4. The summed E-state index contributed by atoms with van der Waals surface area (Å²) in [7, 11) is 5.72. The van der Waals surface area contributed by atoms with E-state index in [-0.39, 0.29) is 5.91 Å². The van der Waals surface area contributed by atoms with Crippen molar-refractivity contribution in [1.29, 1.82) is 0 Å². The van der Waals surface area contributed by atoms with Gasteiger partial charge in [0.05, 0.1) is 6.61 Å². The number of hydrogen-bond donors (Lipinski definition) is 3. The second-order valence-electron chi connectivity index (χ2n) is 8.40. The van der Waals surface area contributed by atoms with Gasteiger partial charge < -0.3 is 25.6 Å². The van der Waals surface area contributed by atoms with Gasteiger partial charge in [-0.1, -0.05) is 30.3 Å². The Morgan fingerprint density at radius 3 is 2.59 bits per heavy atom. The minimum Gasteiger partial charge on any atom is -0.493 e. The van der Waals surface area contributed by atoms with Crippen LogP contribution >= 0.6 is 0 Å². The third-order valence-corrected chi connectivity index (χ3v) is 5.31. The van der Waals surface area contributed by atoms with E-state index in [2.05, 4.69) is 27.0 Å². The second kappa shape index (κ2) is 12.1. The van der Waals surface area contributed by atoms with Crippen molar-refractivity contribution in [3.05, 3.63) is 65.2 Å². The molecule has 0 aromatic heterocycles. The van der Waals surface area contributed by atoms with E-state index in [1.54, 1.807) is 7.05 Å². The van der Waals surface area contributed by atoms with Crippen LogP contribution in [0.3, 0.4) is 0 Å². The Kier molecular flexibility index (Phi) is 8.92. The van der Waals surface area contributed by atoms with E-state index in [1.165, 1.54) is 12.8 Å². The maximum absolute atomic E-state index is 12.4. The average Bonchev–Trinajstić information content (AvgIpc) is 3.63. The Balaban J connectivity index is 1.49. The van der Waals surface area contributed by atoms with E-state index < -0.39 is 0 Å². The predicted molar refractivity (Wildman–Crippen MR) is 129 cm³/mol. The molecule has 1 aliphatic carbocycles. The molecule has 3 rings (SSSR count). The van der Waals surface area contributed by atoms with Crippen molar-refractivity contribution in [2.75, 3.05) is 40.8 Å². The maximum Gasteiger partial charge on any atom is 0.251 e. The van der Waals surface area contributed by atoms with Gasteiger partial charge in [-0.15, -0.1) is 0 Å². The molecule has 172 valence electrons. The monoisotopic (exact) mass is 437 g/mol. The lowest BCUT2D eigenvalue weighted by atomic mass is 10.1. The standard InChI is InChI=1S/C25H35N5O2/c1-26-25(29-17-22-8-4-5-10-23(22)32-18-19-11-12-19)28-16-20-7-6-9-21(15-20)24(31)27-13-14-30(2)3/h4-10,15,19H,11-14,16-18H2,1-3H3,(H,27,31)(H2,26,28,29). The Hall–Kier alpha value is -3.06. The zero-order chi connectivity index (χ0) is 22.8. The summed E-state index contributed by atoms with van der Waals surface area (Å²) >= 11 is 0. The molecule has 1 fully saturated rings. The number of guanidine groups is 1. The van der Waals surface area contributed by atoms with Gasteiger partial charge >= 0.3 is 0 Å². The van der Waals surface area contributed by atoms with E-state index in [9.17, 15) is 4.79 Å². The predicted octanol–water partition coefficient (Wildman–Crippen LogP) is 2.63. The van der Waals surface area contributed by atoms with Crippen LogP contribution < -0.4 is 20.7 Å². The van der Waals surface area contributed by atoms with Crippen LogP contribution in [0, 0.1) is 5.92 Å². The molecule has 2 aromatic carbocycles. The number of para-hydroxylation sites is 1. The second-order valence-corrected chi connectivity index (χ2v) is 8.40. The molecule has 1 saturated carbocycles. The van der Waals surface area contributed by atoms with E-state index in [0.717, 1.165) is 35.9 Å². The summed E-state index contributed by atoms with van der Waals surface area (Å²) in [6.45, 7) is 3.41. The lowest BCUT2D eigenvalue weighted by molar-refractivity contribution is 0.0951. The highest BCUT2D eigenvalue weighted by atomic mass is 16.5. The van der Waals surface area contributed by atoms with Gasteiger partial charge in [-0.2, -0.15) is 0 Å². The SMILES string of the molecule is CN=C(NCc1cccc(C(=O)NCCN(C)C)c1)NCc1ccccc1OCC1CC1. The van der Waals surface area contributed by atoms with Crippen LogP contribution in [-0.4, -0.2) is 57.6 Å². The molecule has 32 heavy (non-hydrogen) atoms. The molecular weight excluding hydrogens is 402 g/mol. The Morgan fingerprint density at radius 1 is 1.06 bits per heavy atom. The van der Waals surface area contributed by atoms with E-state index in [0.29, 0.717) is 31.2 Å². The lowest BCUT2D eigenvalue weighted by Gasteiger charge is -2.15. The summed E-state index contributed by atoms with van der Waals surface area (Å²) in [5, 5.41) is 9.62. The van der Waals surface area contributed by atoms with Crippen molar-refractivity contribution in [2.24, 2.45) is 10.9 Å². The van der Waals surface area contributed by atoms with Crippen molar-refractivity contribution in [1.82, 2.24) is 20.9 Å². The van der Waals surface area contributed by atoms with Crippen LogP contribution in [0.4, 0.5) is 0 Å². The van der Waals surface area contributed by atoms with Crippen molar-refractivity contribution in [3.8, 4) is 5.75 Å². The van der Waals surface area contributed by atoms with E-state index in [4.69, 9.17) is 4.74 Å². The number of amides is 1. The number of nitrogens with one attached hydrogen (secondary N) is 3. The van der Waals surface area contributed by atoms with Crippen molar-refractivity contribution >= 4 is 11.9 Å². The summed E-state index contributed by atoms with van der Waals surface area (Å²) in [5.41, 5.74) is 2.78. The molecular formula is C25H35N5O2. The van der Waals surface area contributed by atoms with Crippen LogP contribution in [0.5, 0.6) is 5.75 Å². The summed E-state index contributed by atoms with van der Waals surface area (Å²) < 4.78 is 5.99. The molecule has 0 saturated heterocycles. The first-order chi connectivity index (χ1) is 15.5. The summed E-state index contributed by atoms with van der Waals surface area (Å²) in [6, 6.07) is 15.8. The fourth-order valence-corrected chi connectivity index (χ4v) is 3.19. The summed E-state index contributed by atoms with van der Waals surface area (Å²) in [5.74, 6) is 2.29. The fourth-order valence-electron chi connectivity index (χ4n) is 3.19. The van der Waals surface area contributed by atoms with Gasteiger partial charge in [-0.3, -0.25) is 9.79 Å². The van der Waals surface area contributed by atoms with Gasteiger partial charge in [0, 0.05) is 44.4 Å². The fraction of sp³-hybridized carbons (Fsp3) is 0.440. The van der Waals surface area contributed by atoms with Crippen LogP contribution in [0.2, 0.25) is 0 Å². The molecule has 0 unspecified atom stereocenters. The van der Waals surface area contributed by atoms with Gasteiger partial charge in [0.15, 0.2) is 5.96 Å². The molecule has 0 spiro atoms. The number of aliphatic imine (C=N–C) groups is 1. The minimum absolute atomic E-state index is 0.0565. The topological polar surface area (TPSA) is 78.0 Å². The first kappa shape index (κ1) is 23.6. The highest BCUT2D eigenvalue weighted by Gasteiger charge is 2.22.